The van der Waals surface area contributed by atoms with Crippen LogP contribution < -0.4 is 10.0 Å². The van der Waals surface area contributed by atoms with Crippen LogP contribution in [-0.2, 0) is 11.0 Å². The van der Waals surface area contributed by atoms with Crippen LogP contribution in [0.3, 0.4) is 0 Å². The van der Waals surface area contributed by atoms with Gasteiger partial charge in [-0.2, -0.15) is 13.2 Å². The van der Waals surface area contributed by atoms with Crippen molar-refractivity contribution in [2.45, 2.75) is 51.6 Å². The van der Waals surface area contributed by atoms with Crippen molar-refractivity contribution in [3.63, 3.8) is 0 Å². The molecule has 2 atom stereocenters. The number of aromatic nitrogens is 1. The van der Waals surface area contributed by atoms with Gasteiger partial charge in [0.15, 0.2) is 0 Å². The molecule has 1 heterocycles. The molecule has 2 N–H and O–H groups in total. The molecule has 0 aliphatic heterocycles. The monoisotopic (exact) mass is 337 g/mol. The van der Waals surface area contributed by atoms with Crippen molar-refractivity contribution >= 4 is 16.8 Å². The number of hydrogen-bond donors (Lipinski definition) is 2. The van der Waals surface area contributed by atoms with E-state index >= 15 is 0 Å². The summed E-state index contributed by atoms with van der Waals surface area (Å²) in [4.78, 5) is 4.02. The molecule has 22 heavy (non-hydrogen) atoms. The molecule has 8 heteroatoms. The summed E-state index contributed by atoms with van der Waals surface area (Å²) in [6, 6.07) is 1.52. The van der Waals surface area contributed by atoms with Crippen LogP contribution in [0, 0.1) is 6.92 Å². The van der Waals surface area contributed by atoms with Crippen LogP contribution in [0.15, 0.2) is 12.3 Å². The van der Waals surface area contributed by atoms with Crippen molar-refractivity contribution in [3.05, 3.63) is 23.4 Å². The van der Waals surface area contributed by atoms with Crippen LogP contribution in [0.5, 0.6) is 0 Å². The molecule has 1 rings (SSSR count). The molecule has 0 radical (unpaired) electrons. The first-order chi connectivity index (χ1) is 9.90. The van der Waals surface area contributed by atoms with Gasteiger partial charge in [-0.25, -0.2) is 13.9 Å². The van der Waals surface area contributed by atoms with E-state index in [0.29, 0.717) is 5.56 Å². The summed E-state index contributed by atoms with van der Waals surface area (Å²) in [7, 11) is -1.24. The maximum absolute atomic E-state index is 12.2. The van der Waals surface area contributed by atoms with Gasteiger partial charge in [0.05, 0.1) is 15.7 Å². The maximum Gasteiger partial charge on any atom is 0.405 e. The van der Waals surface area contributed by atoms with Gasteiger partial charge in [-0.15, -0.1) is 0 Å². The van der Waals surface area contributed by atoms with Gasteiger partial charge in [0.1, 0.15) is 12.4 Å². The van der Waals surface area contributed by atoms with Crippen LogP contribution in [0.25, 0.3) is 0 Å². The third-order valence-electron chi connectivity index (χ3n) is 2.90. The Kier molecular flexibility index (Phi) is 5.97. The number of anilines is 1. The van der Waals surface area contributed by atoms with E-state index in [0.717, 1.165) is 5.56 Å². The second-order valence-electron chi connectivity index (χ2n) is 6.12. The number of halogens is 3. The van der Waals surface area contributed by atoms with E-state index in [4.69, 9.17) is 0 Å². The van der Waals surface area contributed by atoms with Crippen molar-refractivity contribution in [2.24, 2.45) is 0 Å². The van der Waals surface area contributed by atoms with E-state index in [-0.39, 0.29) is 11.9 Å². The fourth-order valence-electron chi connectivity index (χ4n) is 1.61. The fourth-order valence-corrected chi connectivity index (χ4v) is 2.42. The summed E-state index contributed by atoms with van der Waals surface area (Å²) >= 11 is 0. The van der Waals surface area contributed by atoms with E-state index in [2.05, 4.69) is 15.0 Å². The van der Waals surface area contributed by atoms with Crippen LogP contribution >= 0.6 is 0 Å². The number of pyridine rings is 1. The zero-order valence-corrected chi connectivity index (χ0v) is 14.2. The SMILES string of the molecule is Cc1cc(C(C)N[S@](=O)C(C)(C)C)cnc1NCC(F)(F)F. The Morgan fingerprint density at radius 1 is 1.32 bits per heavy atom. The Morgan fingerprint density at radius 2 is 1.91 bits per heavy atom. The fraction of sp³-hybridized carbons (Fsp3) is 0.643. The largest absolute Gasteiger partial charge is 0.405 e. The second kappa shape index (κ2) is 6.95. The van der Waals surface area contributed by atoms with Crippen LogP contribution in [-0.4, -0.2) is 26.7 Å². The normalized spacial score (nSPS) is 15.5. The van der Waals surface area contributed by atoms with Crippen molar-refractivity contribution < 1.29 is 17.4 Å². The molecule has 0 amide bonds. The van der Waals surface area contributed by atoms with E-state index < -0.39 is 28.5 Å². The lowest BCUT2D eigenvalue weighted by Gasteiger charge is -2.22. The van der Waals surface area contributed by atoms with Crippen LogP contribution in [0.2, 0.25) is 0 Å². The number of nitrogens with zero attached hydrogens (tertiary/aromatic N) is 1. The molecule has 0 aliphatic rings. The van der Waals surface area contributed by atoms with E-state index in [1.165, 1.54) is 6.20 Å². The molecular formula is C14H22F3N3OS. The summed E-state index contributed by atoms with van der Waals surface area (Å²) < 4.78 is 51.2. The van der Waals surface area contributed by atoms with Crippen molar-refractivity contribution in [3.8, 4) is 0 Å². The Morgan fingerprint density at radius 3 is 2.36 bits per heavy atom. The molecule has 0 bridgehead atoms. The molecular weight excluding hydrogens is 315 g/mol. The highest BCUT2D eigenvalue weighted by molar-refractivity contribution is 7.84. The first kappa shape index (κ1) is 18.9. The zero-order chi connectivity index (χ0) is 17.1. The zero-order valence-electron chi connectivity index (χ0n) is 13.3. The van der Waals surface area contributed by atoms with Crippen LogP contribution in [0.1, 0.15) is 44.9 Å². The molecule has 1 aromatic heterocycles. The van der Waals surface area contributed by atoms with Gasteiger partial charge >= 0.3 is 6.18 Å². The number of rotatable bonds is 5. The molecule has 0 spiro atoms. The quantitative estimate of drug-likeness (QED) is 0.865. The second-order valence-corrected chi connectivity index (χ2v) is 8.12. The minimum absolute atomic E-state index is 0.199. The third kappa shape index (κ3) is 5.92. The number of alkyl halides is 3. The highest BCUT2D eigenvalue weighted by Gasteiger charge is 2.27. The van der Waals surface area contributed by atoms with Gasteiger partial charge < -0.3 is 5.32 Å². The molecule has 126 valence electrons. The van der Waals surface area contributed by atoms with Gasteiger partial charge in [-0.3, -0.25) is 0 Å². The molecule has 0 aromatic carbocycles. The average molecular weight is 337 g/mol. The number of hydrogen-bond acceptors (Lipinski definition) is 3. The first-order valence-corrected chi connectivity index (χ1v) is 8.00. The molecule has 1 aromatic rings. The van der Waals surface area contributed by atoms with E-state index in [9.17, 15) is 17.4 Å². The lowest BCUT2D eigenvalue weighted by atomic mass is 10.1. The van der Waals surface area contributed by atoms with Gasteiger partial charge in [0.2, 0.25) is 0 Å². The average Bonchev–Trinajstić information content (AvgIpc) is 2.34. The molecule has 4 nitrogen and oxygen atoms in total. The summed E-state index contributed by atoms with van der Waals surface area (Å²) in [5, 5.41) is 2.27. The molecule has 0 saturated heterocycles. The molecule has 0 saturated carbocycles. The number of aryl methyl sites for hydroxylation is 1. The lowest BCUT2D eigenvalue weighted by Crippen LogP contribution is -2.34. The van der Waals surface area contributed by atoms with E-state index in [1.807, 2.05) is 27.7 Å². The highest BCUT2D eigenvalue weighted by atomic mass is 32.2. The highest BCUT2D eigenvalue weighted by Crippen LogP contribution is 2.22. The predicted octanol–water partition coefficient (Wildman–Crippen LogP) is 3.48. The Hall–Kier alpha value is -1.15. The van der Waals surface area contributed by atoms with Crippen molar-refractivity contribution in [1.29, 1.82) is 0 Å². The van der Waals surface area contributed by atoms with Gasteiger partial charge in [-0.1, -0.05) is 0 Å². The van der Waals surface area contributed by atoms with Crippen LogP contribution in [0.4, 0.5) is 19.0 Å². The van der Waals surface area contributed by atoms with E-state index in [1.54, 1.807) is 13.0 Å². The molecule has 0 aliphatic carbocycles. The minimum atomic E-state index is -4.29. The standard InChI is InChI=1S/C14H22F3N3OS/c1-9-6-11(10(2)20-22(21)13(3,4)5)7-18-12(9)19-8-14(15,16)17/h6-7,10,20H,8H2,1-5H3,(H,18,19)/t10?,22-/m1/s1. The maximum atomic E-state index is 12.2. The van der Waals surface area contributed by atoms with Gasteiger partial charge in [0, 0.05) is 12.2 Å². The van der Waals surface area contributed by atoms with Crippen molar-refractivity contribution in [1.82, 2.24) is 9.71 Å². The Balaban J connectivity index is 2.78. The minimum Gasteiger partial charge on any atom is -0.361 e. The van der Waals surface area contributed by atoms with Gasteiger partial charge in [0.25, 0.3) is 0 Å². The topological polar surface area (TPSA) is 54.0 Å². The molecule has 0 fully saturated rings. The molecule has 1 unspecified atom stereocenters. The Labute approximate surface area is 131 Å². The van der Waals surface area contributed by atoms with Gasteiger partial charge in [-0.05, 0) is 51.8 Å². The lowest BCUT2D eigenvalue weighted by molar-refractivity contribution is -0.115. The Bertz CT molecular complexity index is 541. The summed E-state index contributed by atoms with van der Waals surface area (Å²) in [6.45, 7) is 7.97. The smallest absolute Gasteiger partial charge is 0.361 e. The summed E-state index contributed by atoms with van der Waals surface area (Å²) in [5.41, 5.74) is 1.38. The summed E-state index contributed by atoms with van der Waals surface area (Å²) in [6.07, 6.45) is -2.80. The summed E-state index contributed by atoms with van der Waals surface area (Å²) in [5.74, 6) is 0.199. The third-order valence-corrected chi connectivity index (χ3v) is 4.58. The number of nitrogens with one attached hydrogen (secondary N) is 2. The predicted molar refractivity (Wildman–Crippen MR) is 83.0 cm³/mol. The van der Waals surface area contributed by atoms with Crippen molar-refractivity contribution in [2.75, 3.05) is 11.9 Å². The first-order valence-electron chi connectivity index (χ1n) is 6.85.